The molecule has 0 aromatic heterocycles. The summed E-state index contributed by atoms with van der Waals surface area (Å²) in [6.45, 7) is 1.02. The molecule has 0 radical (unpaired) electrons. The van der Waals surface area contributed by atoms with E-state index < -0.39 is 35.6 Å². The fourth-order valence-electron chi connectivity index (χ4n) is 3.68. The molecule has 1 N–H and O–H groups in total. The molecule has 0 spiro atoms. The molecule has 2 aliphatic heterocycles. The van der Waals surface area contributed by atoms with E-state index in [0.717, 1.165) is 17.8 Å². The average molecular weight is 373 g/mol. The van der Waals surface area contributed by atoms with Crippen molar-refractivity contribution in [3.05, 3.63) is 64.7 Å². The van der Waals surface area contributed by atoms with Crippen molar-refractivity contribution < 1.29 is 28.2 Å². The number of nitrogens with zero attached hydrogens (tertiary/aromatic N) is 1. The minimum atomic E-state index is -0.936. The summed E-state index contributed by atoms with van der Waals surface area (Å²) in [6.07, 6.45) is 0.257. The molecular formula is C20H17F2NO4. The Labute approximate surface area is 154 Å². The third-order valence-corrected chi connectivity index (χ3v) is 5.16. The lowest BCUT2D eigenvalue weighted by atomic mass is 9.98. The van der Waals surface area contributed by atoms with Crippen LogP contribution >= 0.6 is 0 Å². The largest absolute Gasteiger partial charge is 0.481 e. The van der Waals surface area contributed by atoms with Crippen LogP contribution < -0.4 is 4.90 Å². The van der Waals surface area contributed by atoms with E-state index in [1.165, 1.54) is 6.07 Å². The first kappa shape index (κ1) is 17.5. The fraction of sp³-hybridized carbons (Fsp3) is 0.300. The molecular weight excluding hydrogens is 356 g/mol. The van der Waals surface area contributed by atoms with Crippen molar-refractivity contribution >= 4 is 17.6 Å². The van der Waals surface area contributed by atoms with Crippen LogP contribution in [0.3, 0.4) is 0 Å². The quantitative estimate of drug-likeness (QED) is 0.833. The number of benzene rings is 2. The zero-order valence-electron chi connectivity index (χ0n) is 14.3. The lowest BCUT2D eigenvalue weighted by molar-refractivity contribution is -0.140. The van der Waals surface area contributed by atoms with Crippen LogP contribution in [0.2, 0.25) is 0 Å². The molecule has 1 saturated heterocycles. The van der Waals surface area contributed by atoms with Crippen LogP contribution in [0.25, 0.3) is 0 Å². The minimum absolute atomic E-state index is 0.250. The van der Waals surface area contributed by atoms with Gasteiger partial charge in [-0.3, -0.25) is 4.79 Å². The van der Waals surface area contributed by atoms with Crippen molar-refractivity contribution in [2.45, 2.75) is 18.9 Å². The molecule has 2 aromatic carbocycles. The van der Waals surface area contributed by atoms with E-state index in [2.05, 4.69) is 0 Å². The number of aliphatic carboxylic acids is 1. The molecule has 1 unspecified atom stereocenters. The number of carbonyl (C=O) groups excluding carboxylic acids is 1. The normalized spacial score (nSPS) is 21.3. The molecule has 27 heavy (non-hydrogen) atoms. The second-order valence-electron chi connectivity index (χ2n) is 6.89. The molecule has 2 aliphatic rings. The first-order valence-electron chi connectivity index (χ1n) is 8.69. The van der Waals surface area contributed by atoms with E-state index in [1.807, 2.05) is 11.0 Å². The summed E-state index contributed by atoms with van der Waals surface area (Å²) in [5.74, 6) is -3.55. The SMILES string of the molecule is O=C1OC(Cc2ccc(F)c(F)c2)c2ccc(N3CC[C@@H](C(=O)O)C3)cc21. The second kappa shape index (κ2) is 6.64. The minimum Gasteiger partial charge on any atom is -0.481 e. The van der Waals surface area contributed by atoms with Gasteiger partial charge >= 0.3 is 11.9 Å². The standard InChI is InChI=1S/C20H17F2NO4/c21-16-4-1-11(7-17(16)22)8-18-14-3-2-13(9-15(14)20(26)27-18)23-6-5-12(10-23)19(24)25/h1-4,7,9,12,18H,5-6,8,10H2,(H,24,25)/t12-,18?/m1/s1. The zero-order valence-corrected chi connectivity index (χ0v) is 14.3. The Morgan fingerprint density at radius 2 is 2.00 bits per heavy atom. The highest BCUT2D eigenvalue weighted by molar-refractivity contribution is 5.95. The first-order valence-corrected chi connectivity index (χ1v) is 8.69. The number of carboxylic acid groups (broad SMARTS) is 1. The number of hydrogen-bond donors (Lipinski definition) is 1. The third-order valence-electron chi connectivity index (χ3n) is 5.16. The molecule has 4 rings (SSSR count). The first-order chi connectivity index (χ1) is 12.9. The summed E-state index contributed by atoms with van der Waals surface area (Å²) >= 11 is 0. The number of halogens is 2. The maximum Gasteiger partial charge on any atom is 0.339 e. The summed E-state index contributed by atoms with van der Waals surface area (Å²) in [5, 5.41) is 9.14. The number of ether oxygens (including phenoxy) is 1. The summed E-state index contributed by atoms with van der Waals surface area (Å²) in [4.78, 5) is 25.3. The van der Waals surface area contributed by atoms with Crippen molar-refractivity contribution in [1.29, 1.82) is 0 Å². The van der Waals surface area contributed by atoms with Crippen molar-refractivity contribution in [3.63, 3.8) is 0 Å². The number of carboxylic acids is 1. The van der Waals surface area contributed by atoms with Gasteiger partial charge in [-0.05, 0) is 36.2 Å². The Morgan fingerprint density at radius 1 is 1.19 bits per heavy atom. The Balaban J connectivity index is 1.55. The lowest BCUT2D eigenvalue weighted by Crippen LogP contribution is -2.22. The summed E-state index contributed by atoms with van der Waals surface area (Å²) in [7, 11) is 0. The maximum absolute atomic E-state index is 13.4. The number of anilines is 1. The molecule has 7 heteroatoms. The van der Waals surface area contributed by atoms with Crippen molar-refractivity contribution in [3.8, 4) is 0 Å². The molecule has 0 saturated carbocycles. The molecule has 0 bridgehead atoms. The van der Waals surface area contributed by atoms with Gasteiger partial charge in [-0.1, -0.05) is 12.1 Å². The Kier molecular flexibility index (Phi) is 4.30. The van der Waals surface area contributed by atoms with Gasteiger partial charge in [-0.15, -0.1) is 0 Å². The molecule has 2 heterocycles. The van der Waals surface area contributed by atoms with Crippen LogP contribution in [-0.4, -0.2) is 30.1 Å². The second-order valence-corrected chi connectivity index (χ2v) is 6.89. The lowest BCUT2D eigenvalue weighted by Gasteiger charge is -2.19. The molecule has 2 aromatic rings. The summed E-state index contributed by atoms with van der Waals surface area (Å²) < 4.78 is 31.9. The fourth-order valence-corrected chi connectivity index (χ4v) is 3.68. The van der Waals surface area contributed by atoms with Crippen LogP contribution in [0.1, 0.15) is 34.0 Å². The highest BCUT2D eigenvalue weighted by atomic mass is 19.2. The highest BCUT2D eigenvalue weighted by Crippen LogP contribution is 2.36. The van der Waals surface area contributed by atoms with Crippen LogP contribution in [0.15, 0.2) is 36.4 Å². The number of carbonyl (C=O) groups is 2. The van der Waals surface area contributed by atoms with Gasteiger partial charge in [0.05, 0.1) is 11.5 Å². The van der Waals surface area contributed by atoms with Crippen LogP contribution in [0.4, 0.5) is 14.5 Å². The summed E-state index contributed by atoms with van der Waals surface area (Å²) in [5.41, 5.74) is 2.44. The van der Waals surface area contributed by atoms with E-state index >= 15 is 0 Å². The van der Waals surface area contributed by atoms with Crippen molar-refractivity contribution in [1.82, 2.24) is 0 Å². The Hall–Kier alpha value is -2.96. The maximum atomic E-state index is 13.4. The Morgan fingerprint density at radius 3 is 2.70 bits per heavy atom. The van der Waals surface area contributed by atoms with E-state index in [4.69, 9.17) is 9.84 Å². The third kappa shape index (κ3) is 3.25. The Bertz CT molecular complexity index is 930. The monoisotopic (exact) mass is 373 g/mol. The molecule has 140 valence electrons. The van der Waals surface area contributed by atoms with Gasteiger partial charge in [0.15, 0.2) is 11.6 Å². The summed E-state index contributed by atoms with van der Waals surface area (Å²) in [6, 6.07) is 8.96. The molecule has 0 amide bonds. The molecule has 5 nitrogen and oxygen atoms in total. The van der Waals surface area contributed by atoms with Crippen LogP contribution in [-0.2, 0) is 16.0 Å². The number of fused-ring (bicyclic) bond motifs is 1. The average Bonchev–Trinajstić information content (AvgIpc) is 3.24. The molecule has 1 fully saturated rings. The van der Waals surface area contributed by atoms with Gasteiger partial charge in [0, 0.05) is 30.8 Å². The predicted octanol–water partition coefficient (Wildman–Crippen LogP) is 3.33. The van der Waals surface area contributed by atoms with Gasteiger partial charge in [-0.25, -0.2) is 13.6 Å². The van der Waals surface area contributed by atoms with Gasteiger partial charge in [0.2, 0.25) is 0 Å². The smallest absolute Gasteiger partial charge is 0.339 e. The van der Waals surface area contributed by atoms with Gasteiger partial charge in [-0.2, -0.15) is 0 Å². The number of hydrogen-bond acceptors (Lipinski definition) is 4. The van der Waals surface area contributed by atoms with Gasteiger partial charge in [0.1, 0.15) is 6.10 Å². The van der Waals surface area contributed by atoms with Crippen LogP contribution in [0.5, 0.6) is 0 Å². The van der Waals surface area contributed by atoms with Crippen LogP contribution in [0, 0.1) is 17.6 Å². The van der Waals surface area contributed by atoms with Crippen molar-refractivity contribution in [2.24, 2.45) is 5.92 Å². The highest BCUT2D eigenvalue weighted by Gasteiger charge is 2.33. The van der Waals surface area contributed by atoms with E-state index in [1.54, 1.807) is 12.1 Å². The molecule has 0 aliphatic carbocycles. The molecule has 2 atom stereocenters. The van der Waals surface area contributed by atoms with Gasteiger partial charge in [0.25, 0.3) is 0 Å². The number of esters is 1. The van der Waals surface area contributed by atoms with E-state index in [0.29, 0.717) is 36.2 Å². The van der Waals surface area contributed by atoms with E-state index in [9.17, 15) is 18.4 Å². The van der Waals surface area contributed by atoms with Crippen molar-refractivity contribution in [2.75, 3.05) is 18.0 Å². The number of rotatable bonds is 4. The predicted molar refractivity (Wildman–Crippen MR) is 92.6 cm³/mol. The van der Waals surface area contributed by atoms with E-state index in [-0.39, 0.29) is 6.42 Å². The number of cyclic esters (lactones) is 1. The topological polar surface area (TPSA) is 66.8 Å². The van der Waals surface area contributed by atoms with Gasteiger partial charge < -0.3 is 14.7 Å². The zero-order chi connectivity index (χ0) is 19.1.